The van der Waals surface area contributed by atoms with Crippen molar-refractivity contribution in [2.24, 2.45) is 0 Å². The number of carbonyl (C=O) groups excluding carboxylic acids is 2. The summed E-state index contributed by atoms with van der Waals surface area (Å²) in [5.41, 5.74) is 2.88. The van der Waals surface area contributed by atoms with Gasteiger partial charge < -0.3 is 10.1 Å². The van der Waals surface area contributed by atoms with Gasteiger partial charge in [-0.05, 0) is 43.3 Å². The van der Waals surface area contributed by atoms with Crippen molar-refractivity contribution in [1.29, 1.82) is 0 Å². The van der Waals surface area contributed by atoms with Crippen LogP contribution < -0.4 is 15.4 Å². The molecule has 7 nitrogen and oxygen atoms in total. The van der Waals surface area contributed by atoms with Crippen LogP contribution in [0.2, 0.25) is 0 Å². The Hall–Kier alpha value is -3.13. The minimum absolute atomic E-state index is 0.0594. The van der Waals surface area contributed by atoms with Crippen LogP contribution in [0.1, 0.15) is 5.69 Å². The molecule has 3 rings (SSSR count). The molecule has 0 aliphatic carbocycles. The molecule has 3 aromatic rings. The number of hydrogen-bond donors (Lipinski definition) is 2. The summed E-state index contributed by atoms with van der Waals surface area (Å²) < 4.78 is 5.05. The number of fused-ring (bicyclic) bond motifs is 1. The van der Waals surface area contributed by atoms with Gasteiger partial charge in [-0.15, -0.1) is 0 Å². The summed E-state index contributed by atoms with van der Waals surface area (Å²) in [5, 5.41) is 5.55. The van der Waals surface area contributed by atoms with Crippen LogP contribution in [0.25, 0.3) is 11.0 Å². The molecular formula is C19H18N4O3S. The van der Waals surface area contributed by atoms with Gasteiger partial charge in [-0.2, -0.15) is 0 Å². The van der Waals surface area contributed by atoms with E-state index in [2.05, 4.69) is 20.6 Å². The van der Waals surface area contributed by atoms with Crippen LogP contribution in [0.3, 0.4) is 0 Å². The first-order valence-corrected chi connectivity index (χ1v) is 9.15. The molecule has 0 fully saturated rings. The summed E-state index contributed by atoms with van der Waals surface area (Å²) in [6, 6.07) is 13.8. The van der Waals surface area contributed by atoms with Crippen molar-refractivity contribution in [3.63, 3.8) is 0 Å². The van der Waals surface area contributed by atoms with Crippen LogP contribution >= 0.6 is 11.8 Å². The summed E-state index contributed by atoms with van der Waals surface area (Å²) >= 11 is 1.24. The molecule has 138 valence electrons. The first-order valence-electron chi connectivity index (χ1n) is 8.16. The van der Waals surface area contributed by atoms with Crippen LogP contribution in [-0.4, -0.2) is 34.8 Å². The number of para-hydroxylation sites is 2. The van der Waals surface area contributed by atoms with Gasteiger partial charge in [-0.3, -0.25) is 10.1 Å². The fourth-order valence-corrected chi connectivity index (χ4v) is 3.10. The molecule has 1 aromatic heterocycles. The lowest BCUT2D eigenvalue weighted by Crippen LogP contribution is -2.35. The highest BCUT2D eigenvalue weighted by atomic mass is 32.2. The van der Waals surface area contributed by atoms with Gasteiger partial charge in [-0.1, -0.05) is 23.9 Å². The molecule has 0 saturated carbocycles. The van der Waals surface area contributed by atoms with E-state index >= 15 is 0 Å². The lowest BCUT2D eigenvalue weighted by atomic mass is 10.3. The van der Waals surface area contributed by atoms with E-state index in [4.69, 9.17) is 4.74 Å². The molecule has 0 spiro atoms. The number of ether oxygens (including phenoxy) is 1. The average molecular weight is 382 g/mol. The quantitative estimate of drug-likeness (QED) is 0.657. The van der Waals surface area contributed by atoms with Crippen LogP contribution in [0, 0.1) is 6.92 Å². The summed E-state index contributed by atoms with van der Waals surface area (Å²) in [5.74, 6) is 0.324. The summed E-state index contributed by atoms with van der Waals surface area (Å²) in [7, 11) is 1.56. The molecule has 0 aliphatic heterocycles. The molecule has 0 aliphatic rings. The van der Waals surface area contributed by atoms with Gasteiger partial charge >= 0.3 is 6.03 Å². The number of benzene rings is 2. The van der Waals surface area contributed by atoms with E-state index in [1.165, 1.54) is 11.8 Å². The van der Waals surface area contributed by atoms with Crippen molar-refractivity contribution >= 4 is 40.4 Å². The van der Waals surface area contributed by atoms with Gasteiger partial charge in [0.2, 0.25) is 5.91 Å². The van der Waals surface area contributed by atoms with Gasteiger partial charge in [-0.25, -0.2) is 14.8 Å². The number of rotatable bonds is 5. The molecule has 1 heterocycles. The third-order valence-electron chi connectivity index (χ3n) is 3.64. The number of nitrogens with zero attached hydrogens (tertiary/aromatic N) is 2. The summed E-state index contributed by atoms with van der Waals surface area (Å²) in [4.78, 5) is 32.9. The molecule has 0 radical (unpaired) electrons. The molecule has 0 bridgehead atoms. The van der Waals surface area contributed by atoms with Gasteiger partial charge in [0.05, 0.1) is 29.6 Å². The highest BCUT2D eigenvalue weighted by Crippen LogP contribution is 2.21. The van der Waals surface area contributed by atoms with Crippen LogP contribution in [0.15, 0.2) is 53.6 Å². The Kier molecular flexibility index (Phi) is 5.87. The number of aromatic nitrogens is 2. The minimum atomic E-state index is -0.591. The Morgan fingerprint density at radius 2 is 1.70 bits per heavy atom. The zero-order valence-corrected chi connectivity index (χ0v) is 15.7. The van der Waals surface area contributed by atoms with Crippen molar-refractivity contribution < 1.29 is 14.3 Å². The number of aryl methyl sites for hydroxylation is 1. The first-order chi connectivity index (χ1) is 13.0. The molecule has 8 heteroatoms. The number of methoxy groups -OCH3 is 1. The number of amides is 3. The van der Waals surface area contributed by atoms with Crippen LogP contribution in [0.4, 0.5) is 10.5 Å². The van der Waals surface area contributed by atoms with E-state index in [0.717, 1.165) is 16.7 Å². The van der Waals surface area contributed by atoms with E-state index in [9.17, 15) is 9.59 Å². The second-order valence-electron chi connectivity index (χ2n) is 5.62. The van der Waals surface area contributed by atoms with Crippen molar-refractivity contribution in [1.82, 2.24) is 15.3 Å². The number of imide groups is 1. The largest absolute Gasteiger partial charge is 0.497 e. The lowest BCUT2D eigenvalue weighted by Gasteiger charge is -2.08. The van der Waals surface area contributed by atoms with E-state index in [1.54, 1.807) is 31.4 Å². The SMILES string of the molecule is COc1ccc(NC(=O)NC(=O)CSc2nc3ccccc3nc2C)cc1. The lowest BCUT2D eigenvalue weighted by molar-refractivity contribution is -0.117. The number of carbonyl (C=O) groups is 2. The molecule has 3 amide bonds. The second kappa shape index (κ2) is 8.50. The Balaban J connectivity index is 1.54. The number of hydrogen-bond acceptors (Lipinski definition) is 6. The predicted octanol–water partition coefficient (Wildman–Crippen LogP) is 3.39. The van der Waals surface area contributed by atoms with Crippen molar-refractivity contribution in [2.75, 3.05) is 18.2 Å². The van der Waals surface area contributed by atoms with Crippen LogP contribution in [-0.2, 0) is 4.79 Å². The number of urea groups is 1. The Labute approximate surface area is 160 Å². The fraction of sp³-hybridized carbons (Fsp3) is 0.158. The topological polar surface area (TPSA) is 93.2 Å². The minimum Gasteiger partial charge on any atom is -0.497 e. The number of anilines is 1. The monoisotopic (exact) mass is 382 g/mol. The third-order valence-corrected chi connectivity index (χ3v) is 4.71. The maximum atomic E-state index is 12.0. The zero-order valence-electron chi connectivity index (χ0n) is 14.9. The third kappa shape index (κ3) is 4.95. The Morgan fingerprint density at radius 1 is 1.04 bits per heavy atom. The maximum absolute atomic E-state index is 12.0. The van der Waals surface area contributed by atoms with Crippen molar-refractivity contribution in [3.8, 4) is 5.75 Å². The standard InChI is InChI=1S/C19H18N4O3S/c1-12-18(22-16-6-4-3-5-15(16)20-12)27-11-17(24)23-19(25)21-13-7-9-14(26-2)10-8-13/h3-10H,11H2,1-2H3,(H2,21,23,24,25). The van der Waals surface area contributed by atoms with E-state index in [1.807, 2.05) is 31.2 Å². The molecule has 2 aromatic carbocycles. The first kappa shape index (κ1) is 18.7. The van der Waals surface area contributed by atoms with Crippen LogP contribution in [0.5, 0.6) is 5.75 Å². The smallest absolute Gasteiger partial charge is 0.325 e. The Bertz CT molecular complexity index is 976. The van der Waals surface area contributed by atoms with Gasteiger partial charge in [0, 0.05) is 5.69 Å². The number of thioether (sulfide) groups is 1. The van der Waals surface area contributed by atoms with E-state index in [0.29, 0.717) is 16.5 Å². The van der Waals surface area contributed by atoms with Gasteiger partial charge in [0.1, 0.15) is 10.8 Å². The van der Waals surface area contributed by atoms with Gasteiger partial charge in [0.15, 0.2) is 0 Å². The normalized spacial score (nSPS) is 10.4. The molecule has 0 saturated heterocycles. The predicted molar refractivity (Wildman–Crippen MR) is 105 cm³/mol. The molecule has 2 N–H and O–H groups in total. The van der Waals surface area contributed by atoms with Gasteiger partial charge in [0.25, 0.3) is 0 Å². The second-order valence-corrected chi connectivity index (χ2v) is 6.59. The van der Waals surface area contributed by atoms with E-state index in [-0.39, 0.29) is 5.75 Å². The number of nitrogens with one attached hydrogen (secondary N) is 2. The maximum Gasteiger partial charge on any atom is 0.325 e. The fourth-order valence-electron chi connectivity index (χ4n) is 2.34. The summed E-state index contributed by atoms with van der Waals surface area (Å²) in [6.07, 6.45) is 0. The van der Waals surface area contributed by atoms with Crippen molar-refractivity contribution in [3.05, 3.63) is 54.2 Å². The Morgan fingerprint density at radius 3 is 2.37 bits per heavy atom. The zero-order chi connectivity index (χ0) is 19.2. The average Bonchev–Trinajstić information content (AvgIpc) is 2.66. The van der Waals surface area contributed by atoms with E-state index < -0.39 is 11.9 Å². The molecule has 27 heavy (non-hydrogen) atoms. The molecule has 0 unspecified atom stereocenters. The highest BCUT2D eigenvalue weighted by Gasteiger charge is 2.11. The molecule has 0 atom stereocenters. The van der Waals surface area contributed by atoms with Crippen molar-refractivity contribution in [2.45, 2.75) is 11.9 Å². The highest BCUT2D eigenvalue weighted by molar-refractivity contribution is 7.99. The summed E-state index contributed by atoms with van der Waals surface area (Å²) in [6.45, 7) is 1.84. The molecular weight excluding hydrogens is 364 g/mol.